The largest absolute Gasteiger partial charge is 0.396 e. The topological polar surface area (TPSA) is 175 Å². The van der Waals surface area contributed by atoms with Crippen molar-refractivity contribution in [3.8, 4) is 0 Å². The van der Waals surface area contributed by atoms with Crippen LogP contribution in [-0.2, 0) is 35.8 Å². The highest BCUT2D eigenvalue weighted by Crippen LogP contribution is 2.51. The second-order valence-electron chi connectivity index (χ2n) is 18.2. The highest BCUT2D eigenvalue weighted by Gasteiger charge is 2.57. The normalized spacial score (nSPS) is 27.8. The molecule has 4 aromatic rings. The lowest BCUT2D eigenvalue weighted by Crippen LogP contribution is -2.50. The smallest absolute Gasteiger partial charge is 0.258 e. The quantitative estimate of drug-likeness (QED) is 0.149. The van der Waals surface area contributed by atoms with Gasteiger partial charge in [-0.25, -0.2) is 9.97 Å². The van der Waals surface area contributed by atoms with E-state index in [0.717, 1.165) is 72.8 Å². The molecule has 2 saturated carbocycles. The minimum absolute atomic E-state index is 0.00124. The number of thiazole rings is 2. The number of nitrogens with zero attached hydrogens (tertiary/aromatic N) is 6. The molecule has 8 atom stereocenters. The average molecular weight is 909 g/mol. The van der Waals surface area contributed by atoms with Crippen LogP contribution in [0.5, 0.6) is 0 Å². The van der Waals surface area contributed by atoms with Crippen molar-refractivity contribution < 1.29 is 19.8 Å². The van der Waals surface area contributed by atoms with Gasteiger partial charge < -0.3 is 30.0 Å². The van der Waals surface area contributed by atoms with Gasteiger partial charge in [-0.1, -0.05) is 50.0 Å². The number of nitrogens with one attached hydrogen (secondary N) is 2. The summed E-state index contributed by atoms with van der Waals surface area (Å²) in [4.78, 5) is 66.5. The van der Waals surface area contributed by atoms with Crippen molar-refractivity contribution in [1.82, 2.24) is 39.5 Å². The molecule has 16 heteroatoms. The highest BCUT2D eigenvalue weighted by molar-refractivity contribution is 7.09. The molecule has 2 amide bonds. The maximum absolute atomic E-state index is 13.5. The van der Waals surface area contributed by atoms with E-state index in [4.69, 9.17) is 0 Å². The molecule has 8 heterocycles. The van der Waals surface area contributed by atoms with Crippen LogP contribution in [0.1, 0.15) is 110 Å². The second-order valence-corrected chi connectivity index (χ2v) is 20.2. The molecule has 14 nitrogen and oxygen atoms in total. The number of aromatic nitrogens is 4. The van der Waals surface area contributed by atoms with Crippen LogP contribution in [0.15, 0.2) is 69.2 Å². The van der Waals surface area contributed by atoms with Gasteiger partial charge in [0.05, 0.1) is 37.3 Å². The first kappa shape index (κ1) is 44.6. The first-order chi connectivity index (χ1) is 31.2. The fourth-order valence-electron chi connectivity index (χ4n) is 11.9. The third kappa shape index (κ3) is 8.41. The van der Waals surface area contributed by atoms with Gasteiger partial charge in [0.25, 0.3) is 11.1 Å². The number of amides is 2. The van der Waals surface area contributed by atoms with Crippen molar-refractivity contribution in [1.29, 1.82) is 0 Å². The van der Waals surface area contributed by atoms with E-state index in [9.17, 15) is 29.4 Å². The van der Waals surface area contributed by atoms with E-state index in [1.165, 1.54) is 0 Å². The zero-order valence-electron chi connectivity index (χ0n) is 36.6. The summed E-state index contributed by atoms with van der Waals surface area (Å²) in [5, 5.41) is 33.1. The number of allylic oxidation sites excluding steroid dienone is 2. The van der Waals surface area contributed by atoms with E-state index < -0.39 is 12.1 Å². The van der Waals surface area contributed by atoms with E-state index in [0.29, 0.717) is 37.3 Å². The predicted octanol–water partition coefficient (Wildman–Crippen LogP) is 5.12. The summed E-state index contributed by atoms with van der Waals surface area (Å²) >= 11 is 3.14. The van der Waals surface area contributed by atoms with E-state index in [1.54, 1.807) is 35.1 Å². The first-order valence-electron chi connectivity index (χ1n) is 23.1. The molecule has 0 unspecified atom stereocenters. The number of aliphatic hydroxyl groups is 2. The molecule has 0 spiro atoms. The van der Waals surface area contributed by atoms with Crippen LogP contribution in [0.3, 0.4) is 0 Å². The van der Waals surface area contributed by atoms with Gasteiger partial charge >= 0.3 is 0 Å². The van der Waals surface area contributed by atoms with E-state index >= 15 is 0 Å². The first-order valence-corrected chi connectivity index (χ1v) is 24.8. The Morgan fingerprint density at radius 1 is 0.672 bits per heavy atom. The van der Waals surface area contributed by atoms with E-state index in [-0.39, 0.29) is 84.0 Å². The number of rotatable bonds is 12. The molecular weight excluding hydrogens is 849 g/mol. The number of hydrogen-bond acceptors (Lipinski definition) is 12. The molecule has 0 aromatic carbocycles. The van der Waals surface area contributed by atoms with Crippen LogP contribution >= 0.6 is 22.7 Å². The zero-order chi connectivity index (χ0) is 44.5. The summed E-state index contributed by atoms with van der Waals surface area (Å²) in [7, 11) is 0. The molecule has 2 aliphatic carbocycles. The van der Waals surface area contributed by atoms with Gasteiger partial charge in [0.2, 0.25) is 11.8 Å². The van der Waals surface area contributed by atoms with Gasteiger partial charge in [0.1, 0.15) is 10.0 Å². The monoisotopic (exact) mass is 908 g/mol. The molecule has 4 aromatic heterocycles. The van der Waals surface area contributed by atoms with E-state index in [1.807, 2.05) is 82.3 Å². The maximum atomic E-state index is 13.5. The number of pyridine rings is 2. The number of fused-ring (bicyclic) bond motifs is 6. The summed E-state index contributed by atoms with van der Waals surface area (Å²) in [5.74, 6) is -0.444. The van der Waals surface area contributed by atoms with Gasteiger partial charge in [-0.05, 0) is 63.8 Å². The summed E-state index contributed by atoms with van der Waals surface area (Å²) in [6, 6.07) is 7.17. The summed E-state index contributed by atoms with van der Waals surface area (Å²) in [6.07, 6.45) is 19.6. The molecule has 4 N–H and O–H groups in total. The lowest BCUT2D eigenvalue weighted by atomic mass is 9.88. The molecule has 4 fully saturated rings. The molecule has 64 heavy (non-hydrogen) atoms. The third-order valence-corrected chi connectivity index (χ3v) is 16.2. The Hall–Kier alpha value is -4.58. The van der Waals surface area contributed by atoms with Crippen LogP contribution in [0, 0.1) is 23.7 Å². The Labute approximate surface area is 381 Å². The van der Waals surface area contributed by atoms with Crippen LogP contribution in [-0.4, -0.2) is 88.3 Å². The predicted molar refractivity (Wildman–Crippen MR) is 248 cm³/mol. The van der Waals surface area contributed by atoms with Gasteiger partial charge in [-0.3, -0.25) is 29.0 Å². The van der Waals surface area contributed by atoms with Crippen molar-refractivity contribution in [3.63, 3.8) is 0 Å². The Kier molecular flexibility index (Phi) is 13.6. The minimum atomic E-state index is -0.432. The van der Waals surface area contributed by atoms with Crippen molar-refractivity contribution in [2.24, 2.45) is 23.7 Å². The van der Waals surface area contributed by atoms with Gasteiger partial charge in [0.15, 0.2) is 0 Å². The van der Waals surface area contributed by atoms with Crippen LogP contribution < -0.4 is 21.8 Å². The van der Waals surface area contributed by atoms with Crippen LogP contribution in [0.4, 0.5) is 0 Å². The molecule has 0 radical (unpaired) electrons. The zero-order valence-corrected chi connectivity index (χ0v) is 38.3. The Morgan fingerprint density at radius 2 is 1.08 bits per heavy atom. The number of aliphatic hydroxyl groups excluding tert-OH is 2. The molecule has 0 bridgehead atoms. The lowest BCUT2D eigenvalue weighted by Gasteiger charge is -2.31. The maximum Gasteiger partial charge on any atom is 0.258 e. The van der Waals surface area contributed by atoms with Crippen molar-refractivity contribution in [2.45, 2.75) is 128 Å². The summed E-state index contributed by atoms with van der Waals surface area (Å²) in [5.41, 5.74) is 3.18. The Morgan fingerprint density at radius 3 is 1.42 bits per heavy atom. The van der Waals surface area contributed by atoms with Crippen molar-refractivity contribution in [3.05, 3.63) is 113 Å². The fourth-order valence-corrected chi connectivity index (χ4v) is 13.2. The number of carbonyl (C=O) groups is 2. The van der Waals surface area contributed by atoms with Gasteiger partial charge in [-0.2, -0.15) is 0 Å². The molecule has 2 saturated heterocycles. The SMILES string of the molecule is C/C=C/c1ccc2n(c1=O)C[C@H]1[C@H](CO)[C@@H](C(=O)NC3CCCC3)N(Cc3nccs3)[C@@H]21.C/C=C\c1ccc2n(c1=O)C[C@H]1[C@H](CO)[C@@H](C(=O)NC3CCCC3)N(Cc3nccs3)[C@@H]21. The van der Waals surface area contributed by atoms with Crippen LogP contribution in [0.25, 0.3) is 12.2 Å². The third-order valence-electron chi connectivity index (χ3n) is 14.7. The Balaban J connectivity index is 0.000000162. The van der Waals surface area contributed by atoms with Gasteiger partial charge in [-0.15, -0.1) is 22.7 Å². The highest BCUT2D eigenvalue weighted by atomic mass is 32.1. The average Bonchev–Trinajstić information content (AvgIpc) is 4.14. The van der Waals surface area contributed by atoms with Crippen molar-refractivity contribution in [2.75, 3.05) is 13.2 Å². The van der Waals surface area contributed by atoms with Gasteiger partial charge in [0, 0.05) is 108 Å². The van der Waals surface area contributed by atoms with Crippen LogP contribution in [0.2, 0.25) is 0 Å². The molecular formula is C48H60N8O6S2. The molecule has 4 aliphatic heterocycles. The number of carbonyl (C=O) groups excluding carboxylic acids is 2. The molecule has 10 rings (SSSR count). The summed E-state index contributed by atoms with van der Waals surface area (Å²) < 4.78 is 3.68. The Bertz CT molecular complexity index is 2290. The number of likely N-dealkylation sites (tertiary alicyclic amines) is 2. The fraction of sp³-hybridized carbons (Fsp3) is 0.542. The van der Waals surface area contributed by atoms with Crippen molar-refractivity contribution >= 4 is 46.6 Å². The molecule has 6 aliphatic rings. The lowest BCUT2D eigenvalue weighted by molar-refractivity contribution is -0.129. The summed E-state index contributed by atoms with van der Waals surface area (Å²) in [6.45, 7) is 5.75. The standard InChI is InChI=1S/2C24H30N4O3S/c2*1-2-5-15-8-9-19-21-17(12-27(19)24(15)31)18(14-29)22(23(30)26-16-6-3-4-7-16)28(21)13-20-25-10-11-32-20/h2*2,5,8-11,16-18,21-22,29H,3-4,6-7,12-14H2,1H3,(H,26,30)/b5-2+;5-2-/t2*17-,18-,21+,22-/m00/s1. The second kappa shape index (κ2) is 19.5. The molecule has 340 valence electrons. The minimum Gasteiger partial charge on any atom is -0.396 e. The van der Waals surface area contributed by atoms with E-state index in [2.05, 4.69) is 30.4 Å². The number of hydrogen-bond donors (Lipinski definition) is 4.